The van der Waals surface area contributed by atoms with E-state index < -0.39 is 0 Å². The molecule has 29 heavy (non-hydrogen) atoms. The summed E-state index contributed by atoms with van der Waals surface area (Å²) < 4.78 is 7.36. The number of fused-ring (bicyclic) bond motifs is 3. The number of aryl methyl sites for hydroxylation is 2. The van der Waals surface area contributed by atoms with Gasteiger partial charge in [0.15, 0.2) is 4.96 Å². The smallest absolute Gasteiger partial charge is 0.314 e. The molecule has 6 heteroatoms. The molecule has 0 unspecified atom stereocenters. The Kier molecular flexibility index (Phi) is 5.81. The molecule has 0 saturated carbocycles. The van der Waals surface area contributed by atoms with Crippen LogP contribution in [0.1, 0.15) is 60.9 Å². The van der Waals surface area contributed by atoms with E-state index in [-0.39, 0.29) is 30.0 Å². The van der Waals surface area contributed by atoms with Crippen molar-refractivity contribution in [3.05, 3.63) is 68.6 Å². The van der Waals surface area contributed by atoms with Gasteiger partial charge < -0.3 is 4.74 Å². The maximum absolute atomic E-state index is 12.9. The molecule has 5 nitrogen and oxygen atoms in total. The SMILES string of the molecule is CC[C@@H](C)[C@@H](C(=O)OCc1cc(=O)n2c3c(sc2n1)CCCC3)c1ccccc1. The van der Waals surface area contributed by atoms with E-state index in [4.69, 9.17) is 4.74 Å². The van der Waals surface area contributed by atoms with Gasteiger partial charge >= 0.3 is 5.97 Å². The average molecular weight is 411 g/mol. The fraction of sp³-hybridized carbons (Fsp3) is 0.435. The van der Waals surface area contributed by atoms with Gasteiger partial charge in [-0.1, -0.05) is 50.6 Å². The molecule has 152 valence electrons. The molecule has 0 amide bonds. The largest absolute Gasteiger partial charge is 0.459 e. The zero-order valence-electron chi connectivity index (χ0n) is 16.9. The van der Waals surface area contributed by atoms with E-state index >= 15 is 0 Å². The van der Waals surface area contributed by atoms with E-state index in [1.807, 2.05) is 30.3 Å². The summed E-state index contributed by atoms with van der Waals surface area (Å²) in [5.41, 5.74) is 2.50. The molecule has 1 aliphatic rings. The van der Waals surface area contributed by atoms with Crippen LogP contribution in [0.2, 0.25) is 0 Å². The van der Waals surface area contributed by atoms with Crippen LogP contribution >= 0.6 is 11.3 Å². The predicted octanol–water partition coefficient (Wildman–Crippen LogP) is 4.51. The summed E-state index contributed by atoms with van der Waals surface area (Å²) in [5, 5.41) is 0. The molecule has 0 spiro atoms. The van der Waals surface area contributed by atoms with Gasteiger partial charge in [-0.15, -0.1) is 11.3 Å². The number of esters is 1. The van der Waals surface area contributed by atoms with E-state index in [0.717, 1.165) is 43.4 Å². The highest BCUT2D eigenvalue weighted by Crippen LogP contribution is 2.30. The molecule has 2 heterocycles. The Balaban J connectivity index is 1.55. The second-order valence-corrected chi connectivity index (χ2v) is 8.83. The van der Waals surface area contributed by atoms with Crippen LogP contribution in [0.4, 0.5) is 0 Å². The number of carbonyl (C=O) groups excluding carboxylic acids is 1. The lowest BCUT2D eigenvalue weighted by Gasteiger charge is -2.21. The molecule has 4 rings (SSSR count). The maximum atomic E-state index is 12.9. The van der Waals surface area contributed by atoms with Gasteiger partial charge in [-0.25, -0.2) is 4.98 Å². The first-order valence-electron chi connectivity index (χ1n) is 10.3. The van der Waals surface area contributed by atoms with Crippen LogP contribution in [0.5, 0.6) is 0 Å². The monoisotopic (exact) mass is 410 g/mol. The van der Waals surface area contributed by atoms with Gasteiger partial charge in [0.2, 0.25) is 0 Å². The van der Waals surface area contributed by atoms with Crippen molar-refractivity contribution in [1.29, 1.82) is 0 Å². The zero-order valence-corrected chi connectivity index (χ0v) is 17.7. The fourth-order valence-electron chi connectivity index (χ4n) is 4.04. The second kappa shape index (κ2) is 8.49. The number of hydrogen-bond donors (Lipinski definition) is 0. The summed E-state index contributed by atoms with van der Waals surface area (Å²) in [6.07, 6.45) is 5.09. The Morgan fingerprint density at radius 2 is 2.00 bits per heavy atom. The highest BCUT2D eigenvalue weighted by atomic mass is 32.1. The Bertz CT molecular complexity index is 1070. The Morgan fingerprint density at radius 1 is 1.24 bits per heavy atom. The van der Waals surface area contributed by atoms with Crippen molar-refractivity contribution in [2.24, 2.45) is 5.92 Å². The van der Waals surface area contributed by atoms with Gasteiger partial charge in [0, 0.05) is 16.6 Å². The Labute approximate surface area is 174 Å². The zero-order chi connectivity index (χ0) is 20.4. The Morgan fingerprint density at radius 3 is 2.76 bits per heavy atom. The molecule has 2 aromatic heterocycles. The minimum atomic E-state index is -0.319. The number of benzene rings is 1. The molecule has 1 aliphatic carbocycles. The van der Waals surface area contributed by atoms with Gasteiger partial charge in [-0.2, -0.15) is 0 Å². The highest BCUT2D eigenvalue weighted by molar-refractivity contribution is 7.17. The van der Waals surface area contributed by atoms with Crippen molar-refractivity contribution >= 4 is 22.3 Å². The van der Waals surface area contributed by atoms with Gasteiger partial charge in [-0.3, -0.25) is 14.0 Å². The number of aromatic nitrogens is 2. The molecule has 3 aromatic rings. The van der Waals surface area contributed by atoms with Crippen LogP contribution in [-0.2, 0) is 29.0 Å². The van der Waals surface area contributed by atoms with Crippen molar-refractivity contribution in [1.82, 2.24) is 9.38 Å². The molecule has 0 radical (unpaired) electrons. The van der Waals surface area contributed by atoms with Gasteiger partial charge in [0.05, 0.1) is 11.6 Å². The quantitative estimate of drug-likeness (QED) is 0.561. The third-order valence-corrected chi connectivity index (χ3v) is 6.95. The number of carbonyl (C=O) groups is 1. The molecular weight excluding hydrogens is 384 g/mol. The lowest BCUT2D eigenvalue weighted by Crippen LogP contribution is -2.23. The first kappa shape index (κ1) is 19.8. The van der Waals surface area contributed by atoms with E-state index in [9.17, 15) is 9.59 Å². The first-order chi connectivity index (χ1) is 14.1. The summed E-state index contributed by atoms with van der Waals surface area (Å²) in [4.78, 5) is 32.2. The predicted molar refractivity (Wildman–Crippen MR) is 114 cm³/mol. The first-order valence-corrected chi connectivity index (χ1v) is 11.1. The second-order valence-electron chi connectivity index (χ2n) is 7.76. The molecule has 0 bridgehead atoms. The van der Waals surface area contributed by atoms with Crippen molar-refractivity contribution in [3.63, 3.8) is 0 Å². The summed E-state index contributed by atoms with van der Waals surface area (Å²) in [7, 11) is 0. The summed E-state index contributed by atoms with van der Waals surface area (Å²) in [5.74, 6) is -0.423. The van der Waals surface area contributed by atoms with Gasteiger partial charge in [0.25, 0.3) is 5.56 Å². The number of thiazole rings is 1. The minimum Gasteiger partial charge on any atom is -0.459 e. The molecule has 0 N–H and O–H groups in total. The summed E-state index contributed by atoms with van der Waals surface area (Å²) in [6, 6.07) is 11.2. The fourth-order valence-corrected chi connectivity index (χ4v) is 5.28. The summed E-state index contributed by atoms with van der Waals surface area (Å²) in [6.45, 7) is 4.15. The van der Waals surface area contributed by atoms with E-state index in [0.29, 0.717) is 10.7 Å². The summed E-state index contributed by atoms with van der Waals surface area (Å²) >= 11 is 1.59. The number of nitrogens with zero attached hydrogens (tertiary/aromatic N) is 2. The third kappa shape index (κ3) is 3.99. The molecular formula is C23H26N2O3S. The molecule has 2 atom stereocenters. The number of ether oxygens (including phenoxy) is 1. The average Bonchev–Trinajstić information content (AvgIpc) is 3.12. The van der Waals surface area contributed by atoms with Crippen LogP contribution in [0.25, 0.3) is 4.96 Å². The molecule has 0 fully saturated rings. The van der Waals surface area contributed by atoms with Crippen LogP contribution in [0, 0.1) is 5.92 Å². The molecule has 0 saturated heterocycles. The Hall–Kier alpha value is -2.47. The van der Waals surface area contributed by atoms with E-state index in [2.05, 4.69) is 18.8 Å². The van der Waals surface area contributed by atoms with Gasteiger partial charge in [-0.05, 0) is 37.2 Å². The van der Waals surface area contributed by atoms with Crippen molar-refractivity contribution in [3.8, 4) is 0 Å². The normalized spacial score (nSPS) is 15.7. The third-order valence-electron chi connectivity index (χ3n) is 5.80. The lowest BCUT2D eigenvalue weighted by molar-refractivity contribution is -0.148. The lowest BCUT2D eigenvalue weighted by atomic mass is 9.86. The van der Waals surface area contributed by atoms with Crippen molar-refractivity contribution in [2.45, 2.75) is 58.5 Å². The minimum absolute atomic E-state index is 0.0207. The van der Waals surface area contributed by atoms with E-state index in [1.54, 1.807) is 15.7 Å². The van der Waals surface area contributed by atoms with Gasteiger partial charge in [0.1, 0.15) is 6.61 Å². The van der Waals surface area contributed by atoms with Crippen molar-refractivity contribution in [2.75, 3.05) is 0 Å². The van der Waals surface area contributed by atoms with Crippen LogP contribution in [0.15, 0.2) is 41.2 Å². The molecule has 1 aromatic carbocycles. The van der Waals surface area contributed by atoms with Crippen LogP contribution < -0.4 is 5.56 Å². The number of rotatable bonds is 6. The van der Waals surface area contributed by atoms with E-state index in [1.165, 1.54) is 10.9 Å². The standard InChI is InChI=1S/C23H26N2O3S/c1-3-15(2)21(16-9-5-4-6-10-16)22(27)28-14-17-13-20(26)25-18-11-7-8-12-19(18)29-23(25)24-17/h4-6,9-10,13,15,21H,3,7-8,11-12,14H2,1-2H3/t15-,21-/m1/s1. The van der Waals surface area contributed by atoms with Crippen molar-refractivity contribution < 1.29 is 9.53 Å². The number of hydrogen-bond acceptors (Lipinski definition) is 5. The highest BCUT2D eigenvalue weighted by Gasteiger charge is 2.27. The maximum Gasteiger partial charge on any atom is 0.314 e. The topological polar surface area (TPSA) is 60.7 Å². The molecule has 0 aliphatic heterocycles. The van der Waals surface area contributed by atoms with Crippen LogP contribution in [-0.4, -0.2) is 15.4 Å². The van der Waals surface area contributed by atoms with Crippen LogP contribution in [0.3, 0.4) is 0 Å².